The Balaban J connectivity index is 2.33. The minimum absolute atomic E-state index is 0.266. The van der Waals surface area contributed by atoms with Gasteiger partial charge in [0.25, 0.3) is 0 Å². The first kappa shape index (κ1) is 14.5. The Morgan fingerprint density at radius 3 is 2.65 bits per heavy atom. The summed E-state index contributed by atoms with van der Waals surface area (Å²) in [7, 11) is 0. The molecule has 0 atom stereocenters. The van der Waals surface area contributed by atoms with Gasteiger partial charge in [0.2, 0.25) is 0 Å². The maximum absolute atomic E-state index is 9.67. The number of hydrogen-bond donors (Lipinski definition) is 2. The lowest BCUT2D eigenvalue weighted by atomic mass is 10.1. The maximum Gasteiger partial charge on any atom is 0.117 e. The van der Waals surface area contributed by atoms with Crippen LogP contribution >= 0.6 is 11.6 Å². The Morgan fingerprint density at radius 2 is 1.95 bits per heavy atom. The second-order valence-electron chi connectivity index (χ2n) is 4.84. The minimum atomic E-state index is 0.266. The molecule has 3 nitrogen and oxygen atoms in total. The van der Waals surface area contributed by atoms with Crippen molar-refractivity contribution in [3.63, 3.8) is 0 Å². The summed E-state index contributed by atoms with van der Waals surface area (Å²) in [4.78, 5) is 2.16. The highest BCUT2D eigenvalue weighted by molar-refractivity contribution is 6.31. The zero-order chi connectivity index (χ0) is 14.7. The van der Waals surface area contributed by atoms with E-state index in [9.17, 15) is 5.11 Å². The number of aromatic hydroxyl groups is 1. The number of nitrogens with two attached hydrogens (primary N) is 1. The zero-order valence-corrected chi connectivity index (χ0v) is 12.5. The van der Waals surface area contributed by atoms with Gasteiger partial charge in [-0.1, -0.05) is 17.7 Å². The van der Waals surface area contributed by atoms with Crippen molar-refractivity contribution >= 4 is 23.0 Å². The molecular formula is C16H19ClN2O. The first-order valence-electron chi connectivity index (χ1n) is 6.59. The van der Waals surface area contributed by atoms with Gasteiger partial charge in [-0.05, 0) is 49.2 Å². The molecule has 2 aromatic carbocycles. The molecule has 0 bridgehead atoms. The van der Waals surface area contributed by atoms with Gasteiger partial charge in [0.1, 0.15) is 5.75 Å². The van der Waals surface area contributed by atoms with Crippen molar-refractivity contribution in [1.82, 2.24) is 0 Å². The van der Waals surface area contributed by atoms with Gasteiger partial charge in [-0.3, -0.25) is 0 Å². The predicted molar refractivity (Wildman–Crippen MR) is 85.4 cm³/mol. The molecule has 2 rings (SSSR count). The highest BCUT2D eigenvalue weighted by Crippen LogP contribution is 2.28. The molecular weight excluding hydrogens is 272 g/mol. The van der Waals surface area contributed by atoms with Crippen LogP contribution in [0, 0.1) is 6.92 Å². The maximum atomic E-state index is 9.67. The first-order valence-corrected chi connectivity index (χ1v) is 6.97. The fourth-order valence-corrected chi connectivity index (χ4v) is 2.40. The predicted octanol–water partition coefficient (Wildman–Crippen LogP) is 3.96. The Hall–Kier alpha value is -1.87. The molecule has 2 aromatic rings. The summed E-state index contributed by atoms with van der Waals surface area (Å²) in [6.45, 7) is 5.57. The summed E-state index contributed by atoms with van der Waals surface area (Å²) in [5.41, 5.74) is 9.63. The molecule has 0 spiro atoms. The number of benzene rings is 2. The van der Waals surface area contributed by atoms with Crippen LogP contribution in [0.4, 0.5) is 11.4 Å². The normalized spacial score (nSPS) is 10.6. The minimum Gasteiger partial charge on any atom is -0.508 e. The third kappa shape index (κ3) is 3.17. The second-order valence-corrected chi connectivity index (χ2v) is 5.24. The summed E-state index contributed by atoms with van der Waals surface area (Å²) >= 11 is 6.22. The van der Waals surface area contributed by atoms with Crippen LogP contribution in [0.15, 0.2) is 36.4 Å². The third-order valence-electron chi connectivity index (χ3n) is 3.35. The van der Waals surface area contributed by atoms with Gasteiger partial charge in [-0.2, -0.15) is 0 Å². The fraction of sp³-hybridized carbons (Fsp3) is 0.250. The van der Waals surface area contributed by atoms with Crippen molar-refractivity contribution in [2.45, 2.75) is 20.4 Å². The summed E-state index contributed by atoms with van der Waals surface area (Å²) in [5.74, 6) is 0.266. The first-order chi connectivity index (χ1) is 9.51. The van der Waals surface area contributed by atoms with Crippen LogP contribution in [0.5, 0.6) is 5.75 Å². The number of halogens is 1. The van der Waals surface area contributed by atoms with E-state index < -0.39 is 0 Å². The highest BCUT2D eigenvalue weighted by atomic mass is 35.5. The third-order valence-corrected chi connectivity index (χ3v) is 3.71. The number of phenolic OH excluding ortho intramolecular Hbond substituents is 1. The molecule has 0 unspecified atom stereocenters. The van der Waals surface area contributed by atoms with Gasteiger partial charge >= 0.3 is 0 Å². The quantitative estimate of drug-likeness (QED) is 0.838. The molecule has 0 heterocycles. The molecule has 0 amide bonds. The fourth-order valence-electron chi connectivity index (χ4n) is 2.23. The van der Waals surface area contributed by atoms with Crippen LogP contribution in [0.1, 0.15) is 18.1 Å². The number of phenols is 1. The van der Waals surface area contributed by atoms with E-state index >= 15 is 0 Å². The molecule has 4 heteroatoms. The van der Waals surface area contributed by atoms with Gasteiger partial charge < -0.3 is 15.7 Å². The van der Waals surface area contributed by atoms with Gasteiger partial charge in [0.05, 0.1) is 0 Å². The average Bonchev–Trinajstić information content (AvgIpc) is 2.42. The lowest BCUT2D eigenvalue weighted by Crippen LogP contribution is -2.23. The molecule has 106 valence electrons. The molecule has 0 aliphatic carbocycles. The number of aryl methyl sites for hydroxylation is 1. The van der Waals surface area contributed by atoms with Crippen molar-refractivity contribution in [2.24, 2.45) is 0 Å². The van der Waals surface area contributed by atoms with E-state index in [1.807, 2.05) is 25.1 Å². The summed E-state index contributed by atoms with van der Waals surface area (Å²) < 4.78 is 0. The molecule has 0 aliphatic heterocycles. The van der Waals surface area contributed by atoms with Crippen LogP contribution in [0.3, 0.4) is 0 Å². The summed E-state index contributed by atoms with van der Waals surface area (Å²) in [6, 6.07) is 10.9. The summed E-state index contributed by atoms with van der Waals surface area (Å²) in [5, 5.41) is 10.4. The van der Waals surface area contributed by atoms with Gasteiger partial charge in [-0.25, -0.2) is 0 Å². The van der Waals surface area contributed by atoms with Gasteiger partial charge in [0, 0.05) is 35.6 Å². The van der Waals surface area contributed by atoms with Crippen molar-refractivity contribution in [3.8, 4) is 5.75 Å². The molecule has 0 aliphatic rings. The zero-order valence-electron chi connectivity index (χ0n) is 11.7. The number of rotatable bonds is 4. The molecule has 0 aromatic heterocycles. The number of anilines is 2. The van der Waals surface area contributed by atoms with Crippen molar-refractivity contribution in [3.05, 3.63) is 52.5 Å². The second kappa shape index (κ2) is 6.06. The van der Waals surface area contributed by atoms with E-state index in [1.165, 1.54) is 0 Å². The molecule has 3 N–H and O–H groups in total. The van der Waals surface area contributed by atoms with E-state index in [-0.39, 0.29) is 5.75 Å². The number of nitrogen functional groups attached to an aromatic ring is 1. The SMILES string of the molecule is CCN(Cc1cc(N)ccc1Cl)c1cc(O)ccc1C. The molecule has 0 saturated carbocycles. The molecule has 0 fully saturated rings. The lowest BCUT2D eigenvalue weighted by molar-refractivity contribution is 0.475. The van der Waals surface area contributed by atoms with Gasteiger partial charge in [0.15, 0.2) is 0 Å². The van der Waals surface area contributed by atoms with Crippen LogP contribution < -0.4 is 10.6 Å². The average molecular weight is 291 g/mol. The van der Waals surface area contributed by atoms with E-state index in [4.69, 9.17) is 17.3 Å². The highest BCUT2D eigenvalue weighted by Gasteiger charge is 2.11. The van der Waals surface area contributed by atoms with E-state index in [2.05, 4.69) is 11.8 Å². The Kier molecular flexibility index (Phi) is 4.40. The Bertz CT molecular complexity index is 613. The largest absolute Gasteiger partial charge is 0.508 e. The lowest BCUT2D eigenvalue weighted by Gasteiger charge is -2.25. The monoisotopic (exact) mass is 290 g/mol. The van der Waals surface area contributed by atoms with Crippen LogP contribution in [-0.4, -0.2) is 11.7 Å². The van der Waals surface area contributed by atoms with E-state index in [0.29, 0.717) is 17.3 Å². The van der Waals surface area contributed by atoms with Gasteiger partial charge in [-0.15, -0.1) is 0 Å². The molecule has 0 saturated heterocycles. The van der Waals surface area contributed by atoms with Crippen molar-refractivity contribution in [2.75, 3.05) is 17.2 Å². The summed E-state index contributed by atoms with van der Waals surface area (Å²) in [6.07, 6.45) is 0. The van der Waals surface area contributed by atoms with Crippen molar-refractivity contribution in [1.29, 1.82) is 0 Å². The van der Waals surface area contributed by atoms with Crippen LogP contribution in [0.25, 0.3) is 0 Å². The topological polar surface area (TPSA) is 49.5 Å². The van der Waals surface area contributed by atoms with E-state index in [1.54, 1.807) is 18.2 Å². The Labute approximate surface area is 124 Å². The number of hydrogen-bond acceptors (Lipinski definition) is 3. The standard InChI is InChI=1S/C16H19ClN2O/c1-3-19(16-9-14(20)6-4-11(16)2)10-12-8-13(18)5-7-15(12)17/h4-9,20H,3,10,18H2,1-2H3. The van der Waals surface area contributed by atoms with E-state index in [0.717, 1.165) is 23.4 Å². The molecule has 0 radical (unpaired) electrons. The van der Waals surface area contributed by atoms with Crippen LogP contribution in [0.2, 0.25) is 5.02 Å². The van der Waals surface area contributed by atoms with Crippen molar-refractivity contribution < 1.29 is 5.11 Å². The Morgan fingerprint density at radius 1 is 1.20 bits per heavy atom. The molecule has 20 heavy (non-hydrogen) atoms. The number of nitrogens with zero attached hydrogens (tertiary/aromatic N) is 1. The van der Waals surface area contributed by atoms with Crippen LogP contribution in [-0.2, 0) is 6.54 Å². The smallest absolute Gasteiger partial charge is 0.117 e.